The highest BCUT2D eigenvalue weighted by molar-refractivity contribution is 6.35. The van der Waals surface area contributed by atoms with E-state index in [1.54, 1.807) is 16.9 Å². The number of hydrogen-bond acceptors (Lipinski definition) is 7. The Hall–Kier alpha value is -2.13. The van der Waals surface area contributed by atoms with E-state index in [9.17, 15) is 0 Å². The first kappa shape index (κ1) is 23.9. The number of piperidine rings is 1. The summed E-state index contributed by atoms with van der Waals surface area (Å²) in [6, 6.07) is 8.44. The second-order valence-corrected chi connectivity index (χ2v) is 12.4. The zero-order valence-corrected chi connectivity index (χ0v) is 22.6. The zero-order chi connectivity index (χ0) is 25.1. The van der Waals surface area contributed by atoms with Gasteiger partial charge in [-0.15, -0.1) is 0 Å². The molecule has 7 rings (SSSR count). The quantitative estimate of drug-likeness (QED) is 0.474. The van der Waals surface area contributed by atoms with Gasteiger partial charge in [-0.2, -0.15) is 19.6 Å². The van der Waals surface area contributed by atoms with Gasteiger partial charge >= 0.3 is 0 Å². The lowest BCUT2D eigenvalue weighted by Gasteiger charge is -2.57. The van der Waals surface area contributed by atoms with Gasteiger partial charge in [0.1, 0.15) is 18.0 Å². The Morgan fingerprint density at radius 1 is 1.08 bits per heavy atom. The molecule has 1 spiro atoms. The van der Waals surface area contributed by atoms with E-state index in [0.29, 0.717) is 21.2 Å². The number of aromatic nitrogens is 4. The summed E-state index contributed by atoms with van der Waals surface area (Å²) in [6.45, 7) is 8.70. The fourth-order valence-corrected chi connectivity index (χ4v) is 7.37. The van der Waals surface area contributed by atoms with Crippen molar-refractivity contribution in [2.45, 2.75) is 44.7 Å². The van der Waals surface area contributed by atoms with Crippen molar-refractivity contribution in [3.05, 3.63) is 46.2 Å². The summed E-state index contributed by atoms with van der Waals surface area (Å²) in [5.41, 5.74) is 1.53. The first-order chi connectivity index (χ1) is 18.0. The minimum Gasteiger partial charge on any atom is -0.380 e. The molecule has 1 unspecified atom stereocenters. The van der Waals surface area contributed by atoms with Gasteiger partial charge in [0.2, 0.25) is 0 Å². The molecule has 2 aromatic heterocycles. The van der Waals surface area contributed by atoms with E-state index in [1.807, 2.05) is 12.1 Å². The van der Waals surface area contributed by atoms with Crippen molar-refractivity contribution >= 4 is 40.6 Å². The molecule has 4 aliphatic rings. The maximum atomic E-state index is 6.46. The van der Waals surface area contributed by atoms with Crippen LogP contribution >= 0.6 is 23.2 Å². The number of ether oxygens (including phenoxy) is 1. The summed E-state index contributed by atoms with van der Waals surface area (Å²) < 4.78 is 7.20. The normalized spacial score (nSPS) is 23.6. The summed E-state index contributed by atoms with van der Waals surface area (Å²) in [6.07, 6.45) is 6.89. The molecule has 1 atom stereocenters. The SMILES string of the molecule is CC(Nc1cc(N2CC(C3CCN(C4CC5(COC5)C4)CC3)C2)nc2ncnn12)c1ccc(Cl)cc1Cl. The Labute approximate surface area is 227 Å². The maximum absolute atomic E-state index is 6.46. The third-order valence-corrected chi connectivity index (χ3v) is 9.74. The van der Waals surface area contributed by atoms with Crippen LogP contribution < -0.4 is 10.2 Å². The number of halogens is 2. The van der Waals surface area contributed by atoms with Crippen molar-refractivity contribution in [3.8, 4) is 0 Å². The van der Waals surface area contributed by atoms with Crippen LogP contribution in [0.3, 0.4) is 0 Å². The van der Waals surface area contributed by atoms with Crippen molar-refractivity contribution < 1.29 is 4.74 Å². The van der Waals surface area contributed by atoms with E-state index in [4.69, 9.17) is 32.9 Å². The van der Waals surface area contributed by atoms with Gasteiger partial charge in [-0.05, 0) is 75.2 Å². The average Bonchev–Trinajstić information content (AvgIpc) is 3.26. The Bertz CT molecular complexity index is 1290. The lowest BCUT2D eigenvalue weighted by Crippen LogP contribution is -2.61. The van der Waals surface area contributed by atoms with Crippen molar-refractivity contribution in [1.82, 2.24) is 24.5 Å². The molecular weight excluding hydrogens is 509 g/mol. The monoisotopic (exact) mass is 541 g/mol. The predicted molar refractivity (Wildman–Crippen MR) is 146 cm³/mol. The van der Waals surface area contributed by atoms with Crippen LogP contribution in [0.2, 0.25) is 10.0 Å². The smallest absolute Gasteiger partial charge is 0.256 e. The minimum atomic E-state index is -0.0379. The highest BCUT2D eigenvalue weighted by Gasteiger charge is 2.52. The lowest BCUT2D eigenvalue weighted by atomic mass is 9.63. The summed E-state index contributed by atoms with van der Waals surface area (Å²) in [5.74, 6) is 3.96. The van der Waals surface area contributed by atoms with E-state index in [1.165, 1.54) is 38.8 Å². The van der Waals surface area contributed by atoms with Gasteiger partial charge in [0.05, 0.1) is 19.3 Å². The Morgan fingerprint density at radius 2 is 1.86 bits per heavy atom. The van der Waals surface area contributed by atoms with Crippen LogP contribution in [-0.4, -0.2) is 69.9 Å². The molecule has 3 aromatic rings. The van der Waals surface area contributed by atoms with Gasteiger partial charge in [0, 0.05) is 40.7 Å². The van der Waals surface area contributed by atoms with E-state index in [-0.39, 0.29) is 6.04 Å². The number of likely N-dealkylation sites (tertiary alicyclic amines) is 1. The standard InChI is InChI=1S/C27H33Cl2N7O/c1-17(22-3-2-20(28)8-23(22)29)32-25-9-24(33-26-30-16-31-36(25)26)35-12-19(13-35)18-4-6-34(7-5-18)21-10-27(11-21)14-37-15-27/h2-3,8-9,16-19,21,32H,4-7,10-15H2,1H3. The number of hydrogen-bond donors (Lipinski definition) is 1. The molecule has 37 heavy (non-hydrogen) atoms. The van der Waals surface area contributed by atoms with Gasteiger partial charge in [-0.25, -0.2) is 0 Å². The molecule has 8 nitrogen and oxygen atoms in total. The number of rotatable bonds is 6. The number of anilines is 2. The molecular formula is C27H33Cl2N7O. The molecule has 4 fully saturated rings. The molecule has 1 aromatic carbocycles. The van der Waals surface area contributed by atoms with E-state index >= 15 is 0 Å². The van der Waals surface area contributed by atoms with Crippen LogP contribution in [0.5, 0.6) is 0 Å². The van der Waals surface area contributed by atoms with Crippen molar-refractivity contribution in [2.24, 2.45) is 17.3 Å². The third kappa shape index (κ3) is 4.36. The first-order valence-electron chi connectivity index (χ1n) is 13.5. The Balaban J connectivity index is 0.983. The van der Waals surface area contributed by atoms with Crippen molar-refractivity contribution in [3.63, 3.8) is 0 Å². The molecule has 196 valence electrons. The van der Waals surface area contributed by atoms with Crippen LogP contribution in [0.25, 0.3) is 5.78 Å². The molecule has 0 amide bonds. The van der Waals surface area contributed by atoms with Gasteiger partial charge in [-0.1, -0.05) is 29.3 Å². The third-order valence-electron chi connectivity index (χ3n) is 9.18. The number of fused-ring (bicyclic) bond motifs is 1. The minimum absolute atomic E-state index is 0.0379. The van der Waals surface area contributed by atoms with E-state index < -0.39 is 0 Å². The Morgan fingerprint density at radius 3 is 2.57 bits per heavy atom. The summed E-state index contributed by atoms with van der Waals surface area (Å²) >= 11 is 12.6. The van der Waals surface area contributed by atoms with Gasteiger partial charge in [-0.3, -0.25) is 0 Å². The molecule has 10 heteroatoms. The predicted octanol–water partition coefficient (Wildman–Crippen LogP) is 4.93. The van der Waals surface area contributed by atoms with Crippen LogP contribution in [0, 0.1) is 17.3 Å². The van der Waals surface area contributed by atoms with Gasteiger partial charge < -0.3 is 19.9 Å². The largest absolute Gasteiger partial charge is 0.380 e. The topological polar surface area (TPSA) is 70.8 Å². The number of nitrogens with one attached hydrogen (secondary N) is 1. The molecule has 5 heterocycles. The zero-order valence-electron chi connectivity index (χ0n) is 21.1. The lowest BCUT2D eigenvalue weighted by molar-refractivity contribution is -0.186. The average molecular weight is 543 g/mol. The molecule has 0 bridgehead atoms. The second-order valence-electron chi connectivity index (χ2n) is 11.6. The molecule has 1 saturated carbocycles. The van der Waals surface area contributed by atoms with Crippen molar-refractivity contribution in [2.75, 3.05) is 49.6 Å². The van der Waals surface area contributed by atoms with Crippen molar-refractivity contribution in [1.29, 1.82) is 0 Å². The summed E-state index contributed by atoms with van der Waals surface area (Å²) in [7, 11) is 0. The highest BCUT2D eigenvalue weighted by Crippen LogP contribution is 2.49. The molecule has 0 radical (unpaired) electrons. The highest BCUT2D eigenvalue weighted by atomic mass is 35.5. The Kier molecular flexibility index (Phi) is 5.99. The fraction of sp³-hybridized carbons (Fsp3) is 0.593. The van der Waals surface area contributed by atoms with Gasteiger partial charge in [0.15, 0.2) is 0 Å². The van der Waals surface area contributed by atoms with Crippen LogP contribution in [0.1, 0.15) is 44.2 Å². The fourth-order valence-electron chi connectivity index (χ4n) is 6.80. The maximum Gasteiger partial charge on any atom is 0.256 e. The van der Waals surface area contributed by atoms with Gasteiger partial charge in [0.25, 0.3) is 5.78 Å². The summed E-state index contributed by atoms with van der Waals surface area (Å²) in [5, 5.41) is 9.21. The number of nitrogens with zero attached hydrogens (tertiary/aromatic N) is 6. The first-order valence-corrected chi connectivity index (χ1v) is 14.2. The van der Waals surface area contributed by atoms with E-state index in [0.717, 1.165) is 61.4 Å². The molecule has 1 aliphatic carbocycles. The molecule has 1 N–H and O–H groups in total. The number of benzene rings is 1. The van der Waals surface area contributed by atoms with Crippen LogP contribution in [0.15, 0.2) is 30.6 Å². The van der Waals surface area contributed by atoms with Crippen LogP contribution in [-0.2, 0) is 4.74 Å². The molecule has 3 saturated heterocycles. The second kappa shape index (κ2) is 9.26. The van der Waals surface area contributed by atoms with Crippen LogP contribution in [0.4, 0.5) is 11.6 Å². The molecule has 3 aliphatic heterocycles. The summed E-state index contributed by atoms with van der Waals surface area (Å²) in [4.78, 5) is 14.3. The van der Waals surface area contributed by atoms with E-state index in [2.05, 4.69) is 38.2 Å².